The Morgan fingerprint density at radius 2 is 1.76 bits per heavy atom. The topological polar surface area (TPSA) is 78.9 Å². The molecule has 1 fully saturated rings. The molecule has 1 aromatic carbocycles. The van der Waals surface area contributed by atoms with Gasteiger partial charge in [-0.05, 0) is 31.0 Å². The van der Waals surface area contributed by atoms with Crippen LogP contribution in [0.2, 0.25) is 0 Å². The van der Waals surface area contributed by atoms with Crippen LogP contribution in [-0.4, -0.2) is 26.5 Å². The molecular formula is C21H24N4O3S. The van der Waals surface area contributed by atoms with Crippen molar-refractivity contribution in [3.63, 3.8) is 0 Å². The van der Waals surface area contributed by atoms with E-state index in [0.29, 0.717) is 11.0 Å². The van der Waals surface area contributed by atoms with Gasteiger partial charge in [0.25, 0.3) is 10.0 Å². The molecule has 1 saturated carbocycles. The third-order valence-electron chi connectivity index (χ3n) is 5.72. The van der Waals surface area contributed by atoms with Gasteiger partial charge in [-0.2, -0.15) is 0 Å². The summed E-state index contributed by atoms with van der Waals surface area (Å²) in [4.78, 5) is 17.5. The van der Waals surface area contributed by atoms with Crippen LogP contribution in [0.3, 0.4) is 0 Å². The molecule has 0 amide bonds. The molecule has 0 unspecified atom stereocenters. The molecule has 0 aliphatic heterocycles. The first kappa shape index (κ1) is 19.4. The fraction of sp³-hybridized carbons (Fsp3) is 0.333. The van der Waals surface area contributed by atoms with E-state index in [4.69, 9.17) is 0 Å². The van der Waals surface area contributed by atoms with Gasteiger partial charge in [-0.3, -0.25) is 9.13 Å². The fourth-order valence-electron chi connectivity index (χ4n) is 4.30. The second-order valence-electron chi connectivity index (χ2n) is 7.31. The van der Waals surface area contributed by atoms with Crippen LogP contribution in [0.1, 0.15) is 39.2 Å². The molecule has 1 aliphatic carbocycles. The molecule has 5 rings (SSSR count). The van der Waals surface area contributed by atoms with Gasteiger partial charge in [0.05, 0.1) is 22.1 Å². The number of imidazole rings is 1. The fourth-order valence-corrected chi connectivity index (χ4v) is 5.62. The summed E-state index contributed by atoms with van der Waals surface area (Å²) in [5.41, 5.74) is 1.76. The molecule has 152 valence electrons. The number of benzene rings is 1. The Kier molecular flexibility index (Phi) is 4.61. The lowest BCUT2D eigenvalue weighted by Gasteiger charge is -2.12. The lowest BCUT2D eigenvalue weighted by molar-refractivity contribution is 0.510. The Morgan fingerprint density at radius 3 is 2.45 bits per heavy atom. The summed E-state index contributed by atoms with van der Waals surface area (Å²) in [5.74, 6) is 0. The lowest BCUT2D eigenvalue weighted by Crippen LogP contribution is -2.24. The maximum Gasteiger partial charge on any atom is 0.329 e. The molecule has 0 atom stereocenters. The van der Waals surface area contributed by atoms with Crippen molar-refractivity contribution in [2.24, 2.45) is 7.05 Å². The van der Waals surface area contributed by atoms with E-state index in [1.807, 2.05) is 4.57 Å². The van der Waals surface area contributed by atoms with Gasteiger partial charge in [-0.1, -0.05) is 38.5 Å². The number of pyridine rings is 1. The van der Waals surface area contributed by atoms with Gasteiger partial charge in [0.2, 0.25) is 0 Å². The molecule has 3 aromatic heterocycles. The van der Waals surface area contributed by atoms with Crippen LogP contribution in [0.25, 0.3) is 22.1 Å². The zero-order chi connectivity index (χ0) is 19.5. The third-order valence-corrected chi connectivity index (χ3v) is 7.40. The van der Waals surface area contributed by atoms with Gasteiger partial charge in [-0.25, -0.2) is 22.2 Å². The first-order valence-corrected chi connectivity index (χ1v) is 10.8. The van der Waals surface area contributed by atoms with Crippen LogP contribution in [0.4, 0.5) is 0 Å². The zero-order valence-corrected chi connectivity index (χ0v) is 16.3. The van der Waals surface area contributed by atoms with Gasteiger partial charge in [0.1, 0.15) is 0 Å². The largest absolute Gasteiger partial charge is 0.329 e. The van der Waals surface area contributed by atoms with Gasteiger partial charge in [0.15, 0.2) is 5.65 Å². The van der Waals surface area contributed by atoms with Gasteiger partial charge in [0, 0.05) is 24.7 Å². The summed E-state index contributed by atoms with van der Waals surface area (Å²) < 4.78 is 30.9. The smallest absolute Gasteiger partial charge is 0.293 e. The summed E-state index contributed by atoms with van der Waals surface area (Å²) in [6.45, 7) is 0. The molecule has 4 aromatic rings. The van der Waals surface area contributed by atoms with Gasteiger partial charge < -0.3 is 0 Å². The van der Waals surface area contributed by atoms with Crippen LogP contribution in [-0.2, 0) is 17.1 Å². The Hall–Kier alpha value is -2.87. The van der Waals surface area contributed by atoms with E-state index < -0.39 is 10.0 Å². The molecule has 0 saturated heterocycles. The average molecular weight is 413 g/mol. The second kappa shape index (κ2) is 6.88. The van der Waals surface area contributed by atoms with E-state index in [1.165, 1.54) is 10.2 Å². The third kappa shape index (κ3) is 2.73. The van der Waals surface area contributed by atoms with Crippen molar-refractivity contribution >= 4 is 32.1 Å². The Balaban J connectivity index is 0.00000205. The molecular weight excluding hydrogens is 388 g/mol. The highest BCUT2D eigenvalue weighted by molar-refractivity contribution is 7.90. The predicted octanol–water partition coefficient (Wildman–Crippen LogP) is 3.68. The highest BCUT2D eigenvalue weighted by atomic mass is 32.2. The molecule has 7 nitrogen and oxygen atoms in total. The van der Waals surface area contributed by atoms with Crippen molar-refractivity contribution in [3.8, 4) is 0 Å². The summed E-state index contributed by atoms with van der Waals surface area (Å²) in [6.07, 6.45) is 7.26. The average Bonchev–Trinajstić information content (AvgIpc) is 3.42. The van der Waals surface area contributed by atoms with E-state index in [-0.39, 0.29) is 24.1 Å². The van der Waals surface area contributed by atoms with Gasteiger partial charge in [-0.15, -0.1) is 0 Å². The number of hydrogen-bond acceptors (Lipinski definition) is 4. The van der Waals surface area contributed by atoms with E-state index in [0.717, 1.165) is 36.7 Å². The predicted molar refractivity (Wildman–Crippen MR) is 114 cm³/mol. The monoisotopic (exact) mass is 412 g/mol. The number of fused-ring (bicyclic) bond motifs is 3. The van der Waals surface area contributed by atoms with Gasteiger partial charge >= 0.3 is 5.69 Å². The maximum absolute atomic E-state index is 13.1. The van der Waals surface area contributed by atoms with Crippen LogP contribution in [0.15, 0.2) is 58.5 Å². The molecule has 0 spiro atoms. The second-order valence-corrected chi connectivity index (χ2v) is 9.12. The van der Waals surface area contributed by atoms with Crippen molar-refractivity contribution < 1.29 is 8.42 Å². The minimum Gasteiger partial charge on any atom is -0.293 e. The number of nitrogens with zero attached hydrogens (tertiary/aromatic N) is 4. The van der Waals surface area contributed by atoms with E-state index in [2.05, 4.69) is 4.98 Å². The minimum absolute atomic E-state index is 0. The SMILES string of the molecule is C.Cn1c(=O)n(C2CCCC2)c2c3ccn(S(=O)(=O)c4ccccc4)c3ncc21. The molecule has 0 N–H and O–H groups in total. The van der Waals surface area contributed by atoms with Crippen molar-refractivity contribution in [1.82, 2.24) is 18.1 Å². The summed E-state index contributed by atoms with van der Waals surface area (Å²) >= 11 is 0. The number of aryl methyl sites for hydroxylation is 1. The number of aromatic nitrogens is 4. The summed E-state index contributed by atoms with van der Waals surface area (Å²) in [6, 6.07) is 10.2. The molecule has 3 heterocycles. The molecule has 29 heavy (non-hydrogen) atoms. The quantitative estimate of drug-likeness (QED) is 0.514. The Bertz CT molecular complexity index is 1360. The maximum atomic E-state index is 13.1. The normalized spacial score (nSPS) is 15.2. The number of hydrogen-bond donors (Lipinski definition) is 0. The van der Waals surface area contributed by atoms with Crippen molar-refractivity contribution in [1.29, 1.82) is 0 Å². The van der Waals surface area contributed by atoms with Crippen LogP contribution in [0.5, 0.6) is 0 Å². The van der Waals surface area contributed by atoms with Crippen molar-refractivity contribution in [2.45, 2.75) is 44.0 Å². The Morgan fingerprint density at radius 1 is 1.07 bits per heavy atom. The molecule has 1 aliphatic rings. The minimum atomic E-state index is -3.77. The first-order valence-electron chi connectivity index (χ1n) is 9.38. The van der Waals surface area contributed by atoms with E-state index in [9.17, 15) is 13.2 Å². The van der Waals surface area contributed by atoms with E-state index in [1.54, 1.807) is 54.2 Å². The Labute approximate surface area is 169 Å². The van der Waals surface area contributed by atoms with Crippen molar-refractivity contribution in [2.75, 3.05) is 0 Å². The molecule has 0 bridgehead atoms. The van der Waals surface area contributed by atoms with Crippen LogP contribution in [0, 0.1) is 0 Å². The molecule has 0 radical (unpaired) electrons. The highest BCUT2D eigenvalue weighted by Crippen LogP contribution is 2.34. The molecule has 8 heteroatoms. The number of rotatable bonds is 3. The van der Waals surface area contributed by atoms with Crippen molar-refractivity contribution in [3.05, 3.63) is 59.3 Å². The van der Waals surface area contributed by atoms with Crippen LogP contribution < -0.4 is 5.69 Å². The zero-order valence-electron chi connectivity index (χ0n) is 15.4. The van der Waals surface area contributed by atoms with E-state index >= 15 is 0 Å². The highest BCUT2D eigenvalue weighted by Gasteiger charge is 2.26. The lowest BCUT2D eigenvalue weighted by atomic mass is 10.2. The first-order chi connectivity index (χ1) is 13.5. The summed E-state index contributed by atoms with van der Waals surface area (Å²) in [5, 5.41) is 0.682. The van der Waals surface area contributed by atoms with Crippen LogP contribution >= 0.6 is 0 Å². The standard InChI is InChI=1S/C20H20N4O3S.CH4/c1-22-17-13-21-19-16(18(17)24(20(22)25)14-7-5-6-8-14)11-12-23(19)28(26,27)15-9-3-2-4-10-15;/h2-4,9-14H,5-8H2,1H3;1H4. The summed E-state index contributed by atoms with van der Waals surface area (Å²) in [7, 11) is -2.03.